The van der Waals surface area contributed by atoms with Crippen LogP contribution in [0.2, 0.25) is 0 Å². The molecule has 0 unspecified atom stereocenters. The summed E-state index contributed by atoms with van der Waals surface area (Å²) < 4.78 is 35.2. The van der Waals surface area contributed by atoms with Gasteiger partial charge in [0.15, 0.2) is 0 Å². The standard InChI is InChI=1S/C12H16FNO4S/c1-19(17,18)6-2-5-14-8-10-7-9(12(15)16)3-4-11(10)13/h3-4,7,14H,2,5-6,8H2,1H3,(H,15,16). The molecule has 0 fully saturated rings. The first-order valence-electron chi connectivity index (χ1n) is 5.70. The lowest BCUT2D eigenvalue weighted by Gasteiger charge is -2.06. The van der Waals surface area contributed by atoms with Gasteiger partial charge in [0, 0.05) is 18.4 Å². The monoisotopic (exact) mass is 289 g/mol. The van der Waals surface area contributed by atoms with Crippen LogP contribution in [0.25, 0.3) is 0 Å². The van der Waals surface area contributed by atoms with Crippen LogP contribution in [0.15, 0.2) is 18.2 Å². The van der Waals surface area contributed by atoms with Gasteiger partial charge in [0.25, 0.3) is 0 Å². The van der Waals surface area contributed by atoms with Crippen molar-refractivity contribution in [2.75, 3.05) is 18.6 Å². The molecule has 2 N–H and O–H groups in total. The normalized spacial score (nSPS) is 11.5. The van der Waals surface area contributed by atoms with Crippen molar-refractivity contribution in [1.82, 2.24) is 5.32 Å². The highest BCUT2D eigenvalue weighted by atomic mass is 32.2. The first kappa shape index (κ1) is 15.6. The average molecular weight is 289 g/mol. The van der Waals surface area contributed by atoms with Crippen molar-refractivity contribution in [1.29, 1.82) is 0 Å². The van der Waals surface area contributed by atoms with Crippen LogP contribution in [0, 0.1) is 5.82 Å². The van der Waals surface area contributed by atoms with Crippen LogP contribution in [0.4, 0.5) is 4.39 Å². The van der Waals surface area contributed by atoms with Gasteiger partial charge >= 0.3 is 5.97 Å². The second-order valence-corrected chi connectivity index (χ2v) is 6.53. The van der Waals surface area contributed by atoms with Crippen molar-refractivity contribution in [2.24, 2.45) is 0 Å². The van der Waals surface area contributed by atoms with Crippen LogP contribution in [0.1, 0.15) is 22.3 Å². The van der Waals surface area contributed by atoms with E-state index in [-0.39, 0.29) is 23.4 Å². The number of carboxylic acid groups (broad SMARTS) is 1. The van der Waals surface area contributed by atoms with Crippen molar-refractivity contribution in [3.05, 3.63) is 35.1 Å². The van der Waals surface area contributed by atoms with E-state index in [1.54, 1.807) is 0 Å². The molecule has 7 heteroatoms. The van der Waals surface area contributed by atoms with Gasteiger partial charge in [0.05, 0.1) is 11.3 Å². The summed E-state index contributed by atoms with van der Waals surface area (Å²) >= 11 is 0. The molecule has 0 amide bonds. The highest BCUT2D eigenvalue weighted by molar-refractivity contribution is 7.90. The molecule has 106 valence electrons. The Morgan fingerprint density at radius 3 is 2.68 bits per heavy atom. The topological polar surface area (TPSA) is 83.5 Å². The lowest BCUT2D eigenvalue weighted by Crippen LogP contribution is -2.18. The molecular formula is C12H16FNO4S. The maximum absolute atomic E-state index is 13.4. The molecule has 0 atom stereocenters. The molecule has 1 rings (SSSR count). The molecule has 0 aliphatic carbocycles. The van der Waals surface area contributed by atoms with Gasteiger partial charge in [-0.15, -0.1) is 0 Å². The number of hydrogen-bond donors (Lipinski definition) is 2. The predicted octanol–water partition coefficient (Wildman–Crippen LogP) is 1.05. The Morgan fingerprint density at radius 2 is 2.11 bits per heavy atom. The van der Waals surface area contributed by atoms with Crippen LogP contribution in [-0.2, 0) is 16.4 Å². The third kappa shape index (κ3) is 5.80. The fourth-order valence-electron chi connectivity index (χ4n) is 1.53. The molecule has 0 aliphatic heterocycles. The molecule has 5 nitrogen and oxygen atoms in total. The summed E-state index contributed by atoms with van der Waals surface area (Å²) in [7, 11) is -2.99. The maximum Gasteiger partial charge on any atom is 0.335 e. The van der Waals surface area contributed by atoms with Gasteiger partial charge < -0.3 is 10.4 Å². The number of benzene rings is 1. The van der Waals surface area contributed by atoms with Gasteiger partial charge in [-0.3, -0.25) is 0 Å². The molecule has 0 radical (unpaired) electrons. The zero-order chi connectivity index (χ0) is 14.5. The molecule has 1 aromatic rings. The summed E-state index contributed by atoms with van der Waals surface area (Å²) in [5.41, 5.74) is 0.272. The summed E-state index contributed by atoms with van der Waals surface area (Å²) in [5.74, 6) is -1.53. The van der Waals surface area contributed by atoms with Crippen LogP contribution in [-0.4, -0.2) is 38.0 Å². The fourth-order valence-corrected chi connectivity index (χ4v) is 2.19. The highest BCUT2D eigenvalue weighted by Crippen LogP contribution is 2.10. The van der Waals surface area contributed by atoms with E-state index in [0.717, 1.165) is 12.3 Å². The Labute approximate surface area is 111 Å². The first-order valence-corrected chi connectivity index (χ1v) is 7.76. The molecule has 0 saturated heterocycles. The molecular weight excluding hydrogens is 273 g/mol. The Kier molecular flexibility index (Phi) is 5.44. The SMILES string of the molecule is CS(=O)(=O)CCCNCc1cc(C(=O)O)ccc1F. The van der Waals surface area contributed by atoms with E-state index in [2.05, 4.69) is 5.32 Å². The van der Waals surface area contributed by atoms with Gasteiger partial charge in [-0.2, -0.15) is 0 Å². The summed E-state index contributed by atoms with van der Waals surface area (Å²) in [6.07, 6.45) is 1.59. The molecule has 1 aromatic carbocycles. The van der Waals surface area contributed by atoms with E-state index in [1.165, 1.54) is 12.1 Å². The molecule has 0 saturated carbocycles. The van der Waals surface area contributed by atoms with Gasteiger partial charge in [0.1, 0.15) is 15.7 Å². The van der Waals surface area contributed by atoms with Crippen molar-refractivity contribution in [3.8, 4) is 0 Å². The summed E-state index contributed by atoms with van der Waals surface area (Å²) in [6.45, 7) is 0.584. The van der Waals surface area contributed by atoms with Crippen LogP contribution in [0.5, 0.6) is 0 Å². The number of sulfone groups is 1. The highest BCUT2D eigenvalue weighted by Gasteiger charge is 2.08. The zero-order valence-corrected chi connectivity index (χ0v) is 11.3. The number of aromatic carboxylic acids is 1. The third-order valence-electron chi connectivity index (χ3n) is 2.48. The maximum atomic E-state index is 13.4. The minimum Gasteiger partial charge on any atom is -0.478 e. The van der Waals surface area contributed by atoms with E-state index in [9.17, 15) is 17.6 Å². The van der Waals surface area contributed by atoms with Gasteiger partial charge in [-0.05, 0) is 31.2 Å². The Bertz CT molecular complexity index is 557. The first-order chi connectivity index (χ1) is 8.79. The summed E-state index contributed by atoms with van der Waals surface area (Å²) in [4.78, 5) is 10.7. The average Bonchev–Trinajstić information content (AvgIpc) is 2.29. The molecule has 0 aliphatic rings. The number of carbonyl (C=O) groups is 1. The van der Waals surface area contributed by atoms with E-state index >= 15 is 0 Å². The second kappa shape index (κ2) is 6.63. The number of halogens is 1. The third-order valence-corrected chi connectivity index (χ3v) is 3.51. The Hall–Kier alpha value is -1.47. The van der Waals surface area contributed by atoms with Crippen molar-refractivity contribution in [2.45, 2.75) is 13.0 Å². The quantitative estimate of drug-likeness (QED) is 0.733. The minimum absolute atomic E-state index is 0.0225. The van der Waals surface area contributed by atoms with E-state index in [4.69, 9.17) is 5.11 Å². The number of carboxylic acids is 1. The van der Waals surface area contributed by atoms with Crippen molar-refractivity contribution >= 4 is 15.8 Å². The van der Waals surface area contributed by atoms with Gasteiger partial charge in [0.2, 0.25) is 0 Å². The predicted molar refractivity (Wildman–Crippen MR) is 69.4 cm³/mol. The van der Waals surface area contributed by atoms with E-state index in [1.807, 2.05) is 0 Å². The molecule has 0 aromatic heterocycles. The van der Waals surface area contributed by atoms with Crippen molar-refractivity contribution < 1.29 is 22.7 Å². The van der Waals surface area contributed by atoms with Crippen LogP contribution >= 0.6 is 0 Å². The van der Waals surface area contributed by atoms with Crippen LogP contribution < -0.4 is 5.32 Å². The smallest absolute Gasteiger partial charge is 0.335 e. The number of hydrogen-bond acceptors (Lipinski definition) is 4. The lowest BCUT2D eigenvalue weighted by atomic mass is 10.1. The van der Waals surface area contributed by atoms with E-state index < -0.39 is 21.6 Å². The van der Waals surface area contributed by atoms with Crippen LogP contribution in [0.3, 0.4) is 0 Å². The van der Waals surface area contributed by atoms with E-state index in [0.29, 0.717) is 13.0 Å². The van der Waals surface area contributed by atoms with Crippen molar-refractivity contribution in [3.63, 3.8) is 0 Å². The second-order valence-electron chi connectivity index (χ2n) is 4.27. The summed E-state index contributed by atoms with van der Waals surface area (Å²) in [5, 5.41) is 11.7. The molecule has 0 heterocycles. The lowest BCUT2D eigenvalue weighted by molar-refractivity contribution is 0.0696. The number of rotatable bonds is 7. The Morgan fingerprint density at radius 1 is 1.42 bits per heavy atom. The van der Waals surface area contributed by atoms with Gasteiger partial charge in [-0.1, -0.05) is 0 Å². The molecule has 0 spiro atoms. The minimum atomic E-state index is -2.99. The zero-order valence-electron chi connectivity index (χ0n) is 10.5. The largest absolute Gasteiger partial charge is 0.478 e. The fraction of sp³-hybridized carbons (Fsp3) is 0.417. The molecule has 19 heavy (non-hydrogen) atoms. The Balaban J connectivity index is 2.49. The number of nitrogens with one attached hydrogen (secondary N) is 1. The summed E-state index contributed by atoms with van der Waals surface area (Å²) in [6, 6.07) is 3.57. The molecule has 0 bridgehead atoms. The van der Waals surface area contributed by atoms with Gasteiger partial charge in [-0.25, -0.2) is 17.6 Å².